The molecule has 2 rings (SSSR count). The SMILES string of the molecule is CCOc1ccccc1Oc1ccc(Br)cc1CNC. The van der Waals surface area contributed by atoms with Gasteiger partial charge in [-0.25, -0.2) is 0 Å². The van der Waals surface area contributed by atoms with Crippen LogP contribution in [0.1, 0.15) is 12.5 Å². The highest BCUT2D eigenvalue weighted by atomic mass is 79.9. The number of ether oxygens (including phenoxy) is 2. The Morgan fingerprint density at radius 1 is 1.05 bits per heavy atom. The molecule has 0 bridgehead atoms. The van der Waals surface area contributed by atoms with Gasteiger partial charge in [-0.15, -0.1) is 0 Å². The molecule has 106 valence electrons. The Hall–Kier alpha value is -1.52. The van der Waals surface area contributed by atoms with Crippen LogP contribution in [0.15, 0.2) is 46.9 Å². The molecule has 0 amide bonds. The Kier molecular flexibility index (Phi) is 5.44. The molecule has 0 atom stereocenters. The highest BCUT2D eigenvalue weighted by molar-refractivity contribution is 9.10. The Morgan fingerprint density at radius 2 is 1.80 bits per heavy atom. The van der Waals surface area contributed by atoms with Crippen molar-refractivity contribution in [2.24, 2.45) is 0 Å². The lowest BCUT2D eigenvalue weighted by Gasteiger charge is -2.14. The number of hydrogen-bond acceptors (Lipinski definition) is 3. The number of rotatable bonds is 6. The van der Waals surface area contributed by atoms with Gasteiger partial charge in [-0.1, -0.05) is 28.1 Å². The van der Waals surface area contributed by atoms with Crippen molar-refractivity contribution in [3.63, 3.8) is 0 Å². The lowest BCUT2D eigenvalue weighted by Crippen LogP contribution is -2.06. The monoisotopic (exact) mass is 335 g/mol. The fourth-order valence-corrected chi connectivity index (χ4v) is 2.31. The first-order valence-electron chi connectivity index (χ1n) is 6.57. The maximum atomic E-state index is 6.01. The van der Waals surface area contributed by atoms with Gasteiger partial charge >= 0.3 is 0 Å². The predicted octanol–water partition coefficient (Wildman–Crippen LogP) is 4.36. The number of para-hydroxylation sites is 2. The third kappa shape index (κ3) is 3.74. The van der Waals surface area contributed by atoms with Crippen LogP contribution < -0.4 is 14.8 Å². The summed E-state index contributed by atoms with van der Waals surface area (Å²) in [5, 5.41) is 3.15. The summed E-state index contributed by atoms with van der Waals surface area (Å²) >= 11 is 3.48. The van der Waals surface area contributed by atoms with E-state index in [2.05, 4.69) is 27.3 Å². The van der Waals surface area contributed by atoms with Crippen LogP contribution in [0.2, 0.25) is 0 Å². The van der Waals surface area contributed by atoms with Crippen molar-refractivity contribution in [3.8, 4) is 17.2 Å². The van der Waals surface area contributed by atoms with E-state index in [1.165, 1.54) is 0 Å². The fourth-order valence-electron chi connectivity index (χ4n) is 1.90. The third-order valence-electron chi connectivity index (χ3n) is 2.76. The zero-order valence-corrected chi connectivity index (χ0v) is 13.2. The van der Waals surface area contributed by atoms with Crippen LogP contribution in [-0.2, 0) is 6.54 Å². The van der Waals surface area contributed by atoms with Gasteiger partial charge < -0.3 is 14.8 Å². The summed E-state index contributed by atoms with van der Waals surface area (Å²) in [6, 6.07) is 13.7. The normalized spacial score (nSPS) is 10.3. The second kappa shape index (κ2) is 7.31. The van der Waals surface area contributed by atoms with E-state index in [1.807, 2.05) is 50.4 Å². The molecule has 0 aliphatic rings. The topological polar surface area (TPSA) is 30.5 Å². The van der Waals surface area contributed by atoms with Gasteiger partial charge in [0.25, 0.3) is 0 Å². The molecule has 0 fully saturated rings. The summed E-state index contributed by atoms with van der Waals surface area (Å²) < 4.78 is 12.6. The van der Waals surface area contributed by atoms with Crippen molar-refractivity contribution in [1.29, 1.82) is 0 Å². The molecular formula is C16H18BrNO2. The van der Waals surface area contributed by atoms with Crippen molar-refractivity contribution in [2.45, 2.75) is 13.5 Å². The van der Waals surface area contributed by atoms with Crippen LogP contribution in [0.25, 0.3) is 0 Å². The average molecular weight is 336 g/mol. The van der Waals surface area contributed by atoms with Crippen LogP contribution in [0.5, 0.6) is 17.2 Å². The highest BCUT2D eigenvalue weighted by Gasteiger charge is 2.09. The van der Waals surface area contributed by atoms with E-state index in [4.69, 9.17) is 9.47 Å². The summed E-state index contributed by atoms with van der Waals surface area (Å²) in [5.74, 6) is 2.32. The van der Waals surface area contributed by atoms with E-state index in [0.29, 0.717) is 6.61 Å². The van der Waals surface area contributed by atoms with Crippen molar-refractivity contribution in [3.05, 3.63) is 52.5 Å². The molecule has 0 radical (unpaired) electrons. The number of benzene rings is 2. The largest absolute Gasteiger partial charge is 0.490 e. The average Bonchev–Trinajstić information content (AvgIpc) is 2.44. The molecule has 1 N–H and O–H groups in total. The van der Waals surface area contributed by atoms with Crippen LogP contribution in [0.4, 0.5) is 0 Å². The third-order valence-corrected chi connectivity index (χ3v) is 3.25. The summed E-state index contributed by atoms with van der Waals surface area (Å²) in [6.07, 6.45) is 0. The summed E-state index contributed by atoms with van der Waals surface area (Å²) in [6.45, 7) is 3.32. The molecular weight excluding hydrogens is 318 g/mol. The van der Waals surface area contributed by atoms with Crippen molar-refractivity contribution >= 4 is 15.9 Å². The molecule has 0 aliphatic carbocycles. The molecule has 0 heterocycles. The molecule has 20 heavy (non-hydrogen) atoms. The molecule has 0 aromatic heterocycles. The Bertz CT molecular complexity index is 572. The molecule has 3 nitrogen and oxygen atoms in total. The maximum absolute atomic E-state index is 6.01. The van der Waals surface area contributed by atoms with E-state index in [9.17, 15) is 0 Å². The zero-order chi connectivity index (χ0) is 14.4. The molecule has 0 spiro atoms. The summed E-state index contributed by atoms with van der Waals surface area (Å²) in [4.78, 5) is 0. The van der Waals surface area contributed by atoms with Gasteiger partial charge in [0.15, 0.2) is 11.5 Å². The van der Waals surface area contributed by atoms with Crippen LogP contribution >= 0.6 is 15.9 Å². The first-order valence-corrected chi connectivity index (χ1v) is 7.36. The van der Waals surface area contributed by atoms with Crippen LogP contribution in [0.3, 0.4) is 0 Å². The minimum atomic E-state index is 0.615. The van der Waals surface area contributed by atoms with Crippen molar-refractivity contribution in [2.75, 3.05) is 13.7 Å². The maximum Gasteiger partial charge on any atom is 0.169 e. The fraction of sp³-hybridized carbons (Fsp3) is 0.250. The predicted molar refractivity (Wildman–Crippen MR) is 84.6 cm³/mol. The molecule has 2 aromatic carbocycles. The van der Waals surface area contributed by atoms with Gasteiger partial charge in [-0.2, -0.15) is 0 Å². The van der Waals surface area contributed by atoms with E-state index >= 15 is 0 Å². The Balaban J connectivity index is 2.29. The van der Waals surface area contributed by atoms with Gasteiger partial charge in [0.2, 0.25) is 0 Å². The summed E-state index contributed by atoms with van der Waals surface area (Å²) in [7, 11) is 1.92. The summed E-state index contributed by atoms with van der Waals surface area (Å²) in [5.41, 5.74) is 1.09. The van der Waals surface area contributed by atoms with Gasteiger partial charge in [-0.05, 0) is 44.3 Å². The smallest absolute Gasteiger partial charge is 0.169 e. The van der Waals surface area contributed by atoms with E-state index in [0.717, 1.165) is 33.8 Å². The molecule has 2 aromatic rings. The zero-order valence-electron chi connectivity index (χ0n) is 11.7. The van der Waals surface area contributed by atoms with Gasteiger partial charge in [-0.3, -0.25) is 0 Å². The minimum absolute atomic E-state index is 0.615. The lowest BCUT2D eigenvalue weighted by atomic mass is 10.2. The van der Waals surface area contributed by atoms with E-state index in [-0.39, 0.29) is 0 Å². The molecule has 0 aliphatic heterocycles. The molecule has 0 saturated carbocycles. The van der Waals surface area contributed by atoms with E-state index in [1.54, 1.807) is 0 Å². The Morgan fingerprint density at radius 3 is 2.50 bits per heavy atom. The van der Waals surface area contributed by atoms with Crippen molar-refractivity contribution < 1.29 is 9.47 Å². The first kappa shape index (κ1) is 14.9. The molecule has 4 heteroatoms. The lowest BCUT2D eigenvalue weighted by molar-refractivity contribution is 0.321. The second-order valence-electron chi connectivity index (χ2n) is 4.26. The van der Waals surface area contributed by atoms with Gasteiger partial charge in [0, 0.05) is 16.6 Å². The minimum Gasteiger partial charge on any atom is -0.490 e. The van der Waals surface area contributed by atoms with Crippen LogP contribution in [0, 0.1) is 0 Å². The second-order valence-corrected chi connectivity index (χ2v) is 5.18. The Labute approximate surface area is 128 Å². The highest BCUT2D eigenvalue weighted by Crippen LogP contribution is 2.34. The number of nitrogens with one attached hydrogen (secondary N) is 1. The quantitative estimate of drug-likeness (QED) is 0.850. The first-order chi connectivity index (χ1) is 9.74. The number of hydrogen-bond donors (Lipinski definition) is 1. The van der Waals surface area contributed by atoms with E-state index < -0.39 is 0 Å². The van der Waals surface area contributed by atoms with Gasteiger partial charge in [0.05, 0.1) is 6.61 Å². The molecule has 0 saturated heterocycles. The van der Waals surface area contributed by atoms with Gasteiger partial charge in [0.1, 0.15) is 5.75 Å². The van der Waals surface area contributed by atoms with Crippen molar-refractivity contribution in [1.82, 2.24) is 5.32 Å². The number of halogens is 1. The molecule has 0 unspecified atom stereocenters. The van der Waals surface area contributed by atoms with Crippen LogP contribution in [-0.4, -0.2) is 13.7 Å². The standard InChI is InChI=1S/C16H18BrNO2/c1-3-19-15-6-4-5-7-16(15)20-14-9-8-13(17)10-12(14)11-18-2/h4-10,18H,3,11H2,1-2H3.